The summed E-state index contributed by atoms with van der Waals surface area (Å²) in [6, 6.07) is 4.28. The van der Waals surface area contributed by atoms with Gasteiger partial charge in [-0.15, -0.1) is 35.3 Å². The number of piperidine rings is 1. The Kier molecular flexibility index (Phi) is 9.65. The molecule has 0 aliphatic carbocycles. The van der Waals surface area contributed by atoms with Gasteiger partial charge in [-0.3, -0.25) is 9.79 Å². The van der Waals surface area contributed by atoms with E-state index in [1.165, 1.54) is 4.88 Å². The topological polar surface area (TPSA) is 56.7 Å². The van der Waals surface area contributed by atoms with Crippen molar-refractivity contribution < 1.29 is 4.79 Å². The maximum atomic E-state index is 11.5. The minimum atomic E-state index is 0. The molecule has 0 saturated carbocycles. The van der Waals surface area contributed by atoms with Gasteiger partial charge in [-0.2, -0.15) is 0 Å². The van der Waals surface area contributed by atoms with Crippen molar-refractivity contribution in [3.8, 4) is 0 Å². The summed E-state index contributed by atoms with van der Waals surface area (Å²) in [5.41, 5.74) is 0. The van der Waals surface area contributed by atoms with Gasteiger partial charge in [0.1, 0.15) is 0 Å². The lowest BCUT2D eigenvalue weighted by Gasteiger charge is -2.34. The van der Waals surface area contributed by atoms with Crippen LogP contribution in [0.2, 0.25) is 0 Å². The second-order valence-electron chi connectivity index (χ2n) is 6.15. The molecule has 1 unspecified atom stereocenters. The molecule has 1 aromatic heterocycles. The SMILES string of the molecule is CN=C(NCC(C)c1cccs1)N1CCC(CC(=O)NC)CC1.I. The second-order valence-corrected chi connectivity index (χ2v) is 7.13. The molecule has 5 nitrogen and oxygen atoms in total. The monoisotopic (exact) mass is 464 g/mol. The average molecular weight is 464 g/mol. The molecular formula is C17H29IN4OS. The van der Waals surface area contributed by atoms with E-state index >= 15 is 0 Å². The lowest BCUT2D eigenvalue weighted by atomic mass is 9.93. The molecule has 2 heterocycles. The first-order valence-corrected chi connectivity index (χ1v) is 9.21. The van der Waals surface area contributed by atoms with Gasteiger partial charge < -0.3 is 15.5 Å². The number of halogens is 1. The third kappa shape index (κ3) is 6.23. The summed E-state index contributed by atoms with van der Waals surface area (Å²) in [5.74, 6) is 2.11. The van der Waals surface area contributed by atoms with Crippen molar-refractivity contribution in [2.45, 2.75) is 32.1 Å². The maximum absolute atomic E-state index is 11.5. The highest BCUT2D eigenvalue weighted by Crippen LogP contribution is 2.22. The fraction of sp³-hybridized carbons (Fsp3) is 0.647. The first kappa shape index (κ1) is 21.2. The molecule has 1 atom stereocenters. The zero-order chi connectivity index (χ0) is 16.7. The van der Waals surface area contributed by atoms with Crippen LogP contribution in [-0.2, 0) is 4.79 Å². The molecule has 0 spiro atoms. The fourth-order valence-electron chi connectivity index (χ4n) is 2.96. The summed E-state index contributed by atoms with van der Waals surface area (Å²) in [6.07, 6.45) is 2.75. The van der Waals surface area contributed by atoms with Gasteiger partial charge >= 0.3 is 0 Å². The number of guanidine groups is 1. The zero-order valence-electron chi connectivity index (χ0n) is 14.7. The predicted molar refractivity (Wildman–Crippen MR) is 112 cm³/mol. The fourth-order valence-corrected chi connectivity index (χ4v) is 3.75. The third-order valence-electron chi connectivity index (χ3n) is 4.47. The molecule has 1 aliphatic heterocycles. The van der Waals surface area contributed by atoms with Crippen LogP contribution < -0.4 is 10.6 Å². The number of hydrogen-bond donors (Lipinski definition) is 2. The van der Waals surface area contributed by atoms with Crippen molar-refractivity contribution in [2.75, 3.05) is 33.7 Å². The Bertz CT molecular complexity index is 513. The molecule has 1 amide bonds. The molecule has 0 aromatic carbocycles. The molecule has 1 aliphatic rings. The lowest BCUT2D eigenvalue weighted by molar-refractivity contribution is -0.121. The molecule has 1 saturated heterocycles. The summed E-state index contributed by atoms with van der Waals surface area (Å²) >= 11 is 1.80. The van der Waals surface area contributed by atoms with E-state index in [-0.39, 0.29) is 29.9 Å². The molecule has 0 bridgehead atoms. The minimum Gasteiger partial charge on any atom is -0.359 e. The van der Waals surface area contributed by atoms with Crippen LogP contribution in [0.3, 0.4) is 0 Å². The molecule has 2 rings (SSSR count). The molecule has 1 aromatic rings. The number of carbonyl (C=O) groups is 1. The van der Waals surface area contributed by atoms with Crippen LogP contribution in [0, 0.1) is 5.92 Å². The van der Waals surface area contributed by atoms with Gasteiger partial charge in [-0.1, -0.05) is 13.0 Å². The number of aliphatic imine (C=N–C) groups is 1. The molecule has 1 fully saturated rings. The number of amides is 1. The van der Waals surface area contributed by atoms with Crippen molar-refractivity contribution in [3.63, 3.8) is 0 Å². The third-order valence-corrected chi connectivity index (χ3v) is 5.58. The Labute approximate surface area is 166 Å². The largest absolute Gasteiger partial charge is 0.359 e. The normalized spacial score (nSPS) is 17.1. The molecule has 2 N–H and O–H groups in total. The first-order chi connectivity index (χ1) is 11.1. The van der Waals surface area contributed by atoms with Crippen LogP contribution in [0.5, 0.6) is 0 Å². The van der Waals surface area contributed by atoms with Crippen LogP contribution in [0.1, 0.15) is 37.0 Å². The van der Waals surface area contributed by atoms with Crippen LogP contribution in [0.4, 0.5) is 0 Å². The molecule has 136 valence electrons. The molecule has 24 heavy (non-hydrogen) atoms. The zero-order valence-corrected chi connectivity index (χ0v) is 17.9. The summed E-state index contributed by atoms with van der Waals surface area (Å²) in [7, 11) is 3.55. The van der Waals surface area contributed by atoms with Crippen molar-refractivity contribution >= 4 is 47.2 Å². The number of thiophene rings is 1. The van der Waals surface area contributed by atoms with E-state index in [1.807, 2.05) is 7.05 Å². The van der Waals surface area contributed by atoms with E-state index in [4.69, 9.17) is 0 Å². The quantitative estimate of drug-likeness (QED) is 0.401. The predicted octanol–water partition coefficient (Wildman–Crippen LogP) is 2.89. The number of hydrogen-bond acceptors (Lipinski definition) is 3. The van der Waals surface area contributed by atoms with Gasteiger partial charge in [-0.05, 0) is 30.2 Å². The number of nitrogens with one attached hydrogen (secondary N) is 2. The van der Waals surface area contributed by atoms with Crippen LogP contribution in [0.15, 0.2) is 22.5 Å². The summed E-state index contributed by atoms with van der Waals surface area (Å²) in [6.45, 7) is 5.07. The van der Waals surface area contributed by atoms with Gasteiger partial charge in [0.05, 0.1) is 0 Å². The molecular weight excluding hydrogens is 435 g/mol. The van der Waals surface area contributed by atoms with E-state index in [0.29, 0.717) is 18.3 Å². The van der Waals surface area contributed by atoms with Gasteiger partial charge in [0, 0.05) is 50.9 Å². The van der Waals surface area contributed by atoms with Crippen LogP contribution in [-0.4, -0.2) is 50.5 Å². The van der Waals surface area contributed by atoms with Crippen molar-refractivity contribution in [1.82, 2.24) is 15.5 Å². The van der Waals surface area contributed by atoms with E-state index in [9.17, 15) is 4.79 Å². The minimum absolute atomic E-state index is 0. The van der Waals surface area contributed by atoms with Crippen LogP contribution in [0.25, 0.3) is 0 Å². The van der Waals surface area contributed by atoms with Gasteiger partial charge in [-0.25, -0.2) is 0 Å². The smallest absolute Gasteiger partial charge is 0.220 e. The van der Waals surface area contributed by atoms with Gasteiger partial charge in [0.25, 0.3) is 0 Å². The summed E-state index contributed by atoms with van der Waals surface area (Å²) in [4.78, 5) is 19.6. The van der Waals surface area contributed by atoms with E-state index in [0.717, 1.165) is 38.4 Å². The Morgan fingerprint density at radius 2 is 2.17 bits per heavy atom. The Balaban J connectivity index is 0.00000288. The van der Waals surface area contributed by atoms with Crippen molar-refractivity contribution in [2.24, 2.45) is 10.9 Å². The van der Waals surface area contributed by atoms with Gasteiger partial charge in [0.15, 0.2) is 5.96 Å². The maximum Gasteiger partial charge on any atom is 0.220 e. The number of nitrogens with zero attached hydrogens (tertiary/aromatic N) is 2. The average Bonchev–Trinajstić information content (AvgIpc) is 3.11. The van der Waals surface area contributed by atoms with E-state index in [2.05, 4.69) is 45.0 Å². The standard InChI is InChI=1S/C17H28N4OS.HI/c1-13(15-5-4-10-23-15)12-20-17(19-3)21-8-6-14(7-9-21)11-16(22)18-2;/h4-5,10,13-14H,6-9,11-12H2,1-3H3,(H,18,22)(H,19,20);1H. The highest BCUT2D eigenvalue weighted by Gasteiger charge is 2.23. The van der Waals surface area contributed by atoms with E-state index in [1.54, 1.807) is 18.4 Å². The molecule has 0 radical (unpaired) electrons. The Morgan fingerprint density at radius 3 is 2.71 bits per heavy atom. The van der Waals surface area contributed by atoms with Gasteiger partial charge in [0.2, 0.25) is 5.91 Å². The molecule has 7 heteroatoms. The highest BCUT2D eigenvalue weighted by atomic mass is 127. The van der Waals surface area contributed by atoms with E-state index < -0.39 is 0 Å². The number of rotatable bonds is 5. The number of likely N-dealkylation sites (tertiary alicyclic amines) is 1. The second kappa shape index (κ2) is 10.9. The number of carbonyl (C=O) groups excluding carboxylic acids is 1. The summed E-state index contributed by atoms with van der Waals surface area (Å²) < 4.78 is 0. The van der Waals surface area contributed by atoms with Crippen LogP contribution >= 0.6 is 35.3 Å². The first-order valence-electron chi connectivity index (χ1n) is 8.33. The summed E-state index contributed by atoms with van der Waals surface area (Å²) in [5, 5.41) is 8.34. The highest BCUT2D eigenvalue weighted by molar-refractivity contribution is 14.0. The lowest BCUT2D eigenvalue weighted by Crippen LogP contribution is -2.46. The van der Waals surface area contributed by atoms with Crippen molar-refractivity contribution in [1.29, 1.82) is 0 Å². The van der Waals surface area contributed by atoms with Crippen molar-refractivity contribution in [3.05, 3.63) is 22.4 Å². The Morgan fingerprint density at radius 1 is 1.46 bits per heavy atom. The Hall–Kier alpha value is -0.830.